The number of Topliss-reactive ketones (excluding diaryl/α,β-unsaturated/α-hetero) is 1. The number of esters is 2. The molecular formula is C46H76NO13P. The summed E-state index contributed by atoms with van der Waals surface area (Å²) in [7, 11) is -4.80. The van der Waals surface area contributed by atoms with Gasteiger partial charge in [0.15, 0.2) is 6.10 Å². The number of ketones is 1. The zero-order valence-corrected chi connectivity index (χ0v) is 37.6. The lowest BCUT2D eigenvalue weighted by Gasteiger charge is -2.20. The highest BCUT2D eigenvalue weighted by Crippen LogP contribution is 2.43. The highest BCUT2D eigenvalue weighted by molar-refractivity contribution is 7.47. The number of phosphoric ester groups is 1. The van der Waals surface area contributed by atoms with Crippen LogP contribution in [0.3, 0.4) is 0 Å². The molecule has 6 N–H and O–H groups in total. The second-order valence-corrected chi connectivity index (χ2v) is 17.1. The normalized spacial score (nSPS) is 19.7. The van der Waals surface area contributed by atoms with Gasteiger partial charge in [-0.25, -0.2) is 4.57 Å². The van der Waals surface area contributed by atoms with Crippen LogP contribution in [0.4, 0.5) is 0 Å². The number of carboxylic acids is 1. The molecule has 1 unspecified atom stereocenters. The van der Waals surface area contributed by atoms with Crippen molar-refractivity contribution in [2.45, 2.75) is 173 Å². The first-order valence-electron chi connectivity index (χ1n) is 22.4. The summed E-state index contributed by atoms with van der Waals surface area (Å²) in [6.07, 6.45) is 33.8. The fourth-order valence-corrected chi connectivity index (χ4v) is 7.25. The van der Waals surface area contributed by atoms with Gasteiger partial charge in [0.2, 0.25) is 0 Å². The summed E-state index contributed by atoms with van der Waals surface area (Å²) in [6.45, 7) is 2.36. The van der Waals surface area contributed by atoms with Gasteiger partial charge in [-0.2, -0.15) is 0 Å². The lowest BCUT2D eigenvalue weighted by molar-refractivity contribution is -0.161. The number of hydrogen-bond acceptors (Lipinski definition) is 12. The Kier molecular flexibility index (Phi) is 32.2. The largest absolute Gasteiger partial charge is 0.480 e. The molecule has 61 heavy (non-hydrogen) atoms. The lowest BCUT2D eigenvalue weighted by Crippen LogP contribution is -2.34. The minimum Gasteiger partial charge on any atom is -0.480 e. The average Bonchev–Trinajstić information content (AvgIpc) is 3.49. The number of carbonyl (C=O) groups is 4. The third-order valence-corrected chi connectivity index (χ3v) is 11.1. The van der Waals surface area contributed by atoms with E-state index in [1.807, 2.05) is 24.3 Å². The van der Waals surface area contributed by atoms with Crippen LogP contribution in [0.5, 0.6) is 0 Å². The van der Waals surface area contributed by atoms with Gasteiger partial charge in [0, 0.05) is 31.1 Å². The SMILES string of the molecule is CCCCCCCC/C=C\C/C=C\C/C=C\CCCC(=O)O[C@H](COC(=O)CCC/C=C\C[C@H]1C(=O)C[C@@H](O)[C@@H]1/C=C/[C@@H](O)CCCCC)COP(=O)(O)OC[C@H](N)C(=O)O. The number of nitrogens with two attached hydrogens (primary N) is 1. The number of unbranched alkanes of at least 4 members (excludes halogenated alkanes) is 10. The molecule has 15 heteroatoms. The Morgan fingerprint density at radius 2 is 1.33 bits per heavy atom. The molecule has 0 heterocycles. The van der Waals surface area contributed by atoms with E-state index in [2.05, 4.69) is 42.7 Å². The van der Waals surface area contributed by atoms with Crippen molar-refractivity contribution in [1.29, 1.82) is 0 Å². The first-order chi connectivity index (χ1) is 29.3. The van der Waals surface area contributed by atoms with E-state index in [1.165, 1.54) is 38.5 Å². The van der Waals surface area contributed by atoms with Crippen molar-refractivity contribution in [3.63, 3.8) is 0 Å². The topological polar surface area (TPSA) is 229 Å². The molecule has 0 bridgehead atoms. The van der Waals surface area contributed by atoms with Gasteiger partial charge in [0.05, 0.1) is 25.4 Å². The molecule has 348 valence electrons. The Morgan fingerprint density at radius 1 is 0.770 bits per heavy atom. The Balaban J connectivity index is 2.54. The van der Waals surface area contributed by atoms with Crippen LogP contribution in [-0.4, -0.2) is 88.1 Å². The maximum absolute atomic E-state index is 12.7. The Labute approximate surface area is 364 Å². The van der Waals surface area contributed by atoms with E-state index in [-0.39, 0.29) is 31.0 Å². The second kappa shape index (κ2) is 35.3. The van der Waals surface area contributed by atoms with E-state index in [0.29, 0.717) is 38.5 Å². The van der Waals surface area contributed by atoms with E-state index in [4.69, 9.17) is 24.8 Å². The van der Waals surface area contributed by atoms with Gasteiger partial charge in [-0.15, -0.1) is 0 Å². The summed E-state index contributed by atoms with van der Waals surface area (Å²) >= 11 is 0. The molecule has 0 spiro atoms. The van der Waals surface area contributed by atoms with Gasteiger partial charge >= 0.3 is 25.7 Å². The zero-order chi connectivity index (χ0) is 45.1. The molecule has 14 nitrogen and oxygen atoms in total. The number of carbonyl (C=O) groups excluding carboxylic acids is 3. The van der Waals surface area contributed by atoms with Crippen molar-refractivity contribution in [2.75, 3.05) is 19.8 Å². The average molecular weight is 882 g/mol. The number of ether oxygens (including phenoxy) is 2. The number of phosphoric acid groups is 1. The smallest absolute Gasteiger partial charge is 0.472 e. The predicted octanol–water partition coefficient (Wildman–Crippen LogP) is 8.54. The van der Waals surface area contributed by atoms with Crippen LogP contribution in [0, 0.1) is 11.8 Å². The van der Waals surface area contributed by atoms with Crippen molar-refractivity contribution in [1.82, 2.24) is 0 Å². The summed E-state index contributed by atoms with van der Waals surface area (Å²) in [5, 5.41) is 29.6. The van der Waals surface area contributed by atoms with Gasteiger partial charge in [0.1, 0.15) is 18.4 Å². The van der Waals surface area contributed by atoms with Crippen LogP contribution in [-0.2, 0) is 42.3 Å². The second-order valence-electron chi connectivity index (χ2n) is 15.6. The number of aliphatic carboxylic acids is 1. The molecule has 7 atom stereocenters. The molecule has 0 radical (unpaired) electrons. The van der Waals surface area contributed by atoms with Crippen molar-refractivity contribution in [3.8, 4) is 0 Å². The van der Waals surface area contributed by atoms with Crippen molar-refractivity contribution in [3.05, 3.63) is 60.8 Å². The summed E-state index contributed by atoms with van der Waals surface area (Å²) in [5.41, 5.74) is 5.32. The number of allylic oxidation sites excluding steroid dienone is 8. The molecule has 0 aromatic carbocycles. The highest BCUT2D eigenvalue weighted by Gasteiger charge is 2.39. The monoisotopic (exact) mass is 882 g/mol. The zero-order valence-electron chi connectivity index (χ0n) is 36.7. The molecule has 1 fully saturated rings. The van der Waals surface area contributed by atoms with Crippen LogP contribution in [0.2, 0.25) is 0 Å². The summed E-state index contributed by atoms with van der Waals surface area (Å²) < 4.78 is 32.6. The van der Waals surface area contributed by atoms with Gasteiger partial charge < -0.3 is 35.4 Å². The Hall–Kier alpha value is -3.23. The fourth-order valence-electron chi connectivity index (χ4n) is 6.47. The first-order valence-corrected chi connectivity index (χ1v) is 23.9. The van der Waals surface area contributed by atoms with Crippen LogP contribution in [0.15, 0.2) is 60.8 Å². The summed E-state index contributed by atoms with van der Waals surface area (Å²) in [6, 6.07) is -1.57. The minimum atomic E-state index is -4.80. The molecule has 0 saturated heterocycles. The third-order valence-electron chi connectivity index (χ3n) is 10.1. The number of carboxylic acid groups (broad SMARTS) is 1. The van der Waals surface area contributed by atoms with Gasteiger partial charge in [-0.05, 0) is 64.2 Å². The van der Waals surface area contributed by atoms with Crippen LogP contribution < -0.4 is 5.73 Å². The van der Waals surface area contributed by atoms with Crippen LogP contribution >= 0.6 is 7.82 Å². The third kappa shape index (κ3) is 29.7. The maximum Gasteiger partial charge on any atom is 0.472 e. The maximum atomic E-state index is 12.7. The molecule has 0 aromatic rings. The summed E-state index contributed by atoms with van der Waals surface area (Å²) in [4.78, 5) is 58.7. The molecule has 0 aliphatic heterocycles. The van der Waals surface area contributed by atoms with Gasteiger partial charge in [0.25, 0.3) is 0 Å². The van der Waals surface area contributed by atoms with Crippen molar-refractivity contribution >= 4 is 31.5 Å². The number of aliphatic hydroxyl groups is 2. The molecule has 0 amide bonds. The number of aliphatic hydroxyl groups excluding tert-OH is 2. The van der Waals surface area contributed by atoms with Crippen molar-refractivity contribution in [2.24, 2.45) is 17.6 Å². The van der Waals surface area contributed by atoms with E-state index in [9.17, 15) is 38.8 Å². The number of hydrogen-bond donors (Lipinski definition) is 5. The molecule has 1 aliphatic carbocycles. The number of rotatable bonds is 37. The quantitative estimate of drug-likeness (QED) is 0.0171. The molecular weight excluding hydrogens is 805 g/mol. The molecule has 1 aliphatic rings. The Bertz CT molecular complexity index is 1430. The lowest BCUT2D eigenvalue weighted by atomic mass is 9.90. The summed E-state index contributed by atoms with van der Waals surface area (Å²) in [5.74, 6) is -3.49. The minimum absolute atomic E-state index is 0.0143. The van der Waals surface area contributed by atoms with E-state index < -0.39 is 75.8 Å². The van der Waals surface area contributed by atoms with Gasteiger partial charge in [-0.1, -0.05) is 126 Å². The van der Waals surface area contributed by atoms with Gasteiger partial charge in [-0.3, -0.25) is 28.2 Å². The van der Waals surface area contributed by atoms with Crippen molar-refractivity contribution < 1.29 is 62.5 Å². The van der Waals surface area contributed by atoms with E-state index in [1.54, 1.807) is 12.2 Å². The van der Waals surface area contributed by atoms with Crippen LogP contribution in [0.25, 0.3) is 0 Å². The van der Waals surface area contributed by atoms with E-state index in [0.717, 1.165) is 38.5 Å². The molecule has 1 rings (SSSR count). The highest BCUT2D eigenvalue weighted by atomic mass is 31.2. The predicted molar refractivity (Wildman–Crippen MR) is 236 cm³/mol. The molecule has 1 saturated carbocycles. The van der Waals surface area contributed by atoms with Crippen LogP contribution in [0.1, 0.15) is 149 Å². The fraction of sp³-hybridized carbons (Fsp3) is 0.696. The van der Waals surface area contributed by atoms with E-state index >= 15 is 0 Å². The first kappa shape index (κ1) is 55.8. The Morgan fingerprint density at radius 3 is 1.98 bits per heavy atom. The standard InChI is InChI=1S/C46H76NO13P/c1-3-5-7-8-9-10-11-12-13-14-15-16-17-18-19-20-26-30-45(52)60-38(35-58-61(55,56)59-36-41(47)46(53)54)34-57-44(51)29-25-22-21-24-28-39-40(43(50)33-42(39)49)32-31-37(48)27-23-6-4-2/h12-13,15-16,18-19,21,24,31-32,37-41,43,48,50H,3-11,14,17,20,22-23,25-30,33-36,47H2,1-2H3,(H,53,54)(H,55,56)/b13-12-,16-15-,19-18-,24-21-,32-31+/t37-,38+,39+,40+,41-,43+/m0/s1. The molecule has 0 aromatic heterocycles.